The molecule has 0 aliphatic heterocycles. The molecule has 0 saturated heterocycles. The lowest BCUT2D eigenvalue weighted by atomic mass is 10.2. The van der Waals surface area contributed by atoms with Crippen molar-refractivity contribution in [3.63, 3.8) is 0 Å². The van der Waals surface area contributed by atoms with Gasteiger partial charge in [-0.05, 0) is 36.4 Å². The molecule has 21 heavy (non-hydrogen) atoms. The van der Waals surface area contributed by atoms with E-state index in [0.29, 0.717) is 28.0 Å². The van der Waals surface area contributed by atoms with Crippen molar-refractivity contribution in [1.82, 2.24) is 15.4 Å². The Bertz CT molecular complexity index is 841. The quantitative estimate of drug-likeness (QED) is 0.210. The number of nitrogens with zero attached hydrogens (tertiary/aromatic N) is 1. The largest absolute Gasteiger partial charge is 0.504 e. The van der Waals surface area contributed by atoms with Crippen molar-refractivity contribution < 1.29 is 15.0 Å². The van der Waals surface area contributed by atoms with Gasteiger partial charge in [0.25, 0.3) is 5.91 Å². The van der Waals surface area contributed by atoms with Crippen LogP contribution in [0.5, 0.6) is 11.5 Å². The van der Waals surface area contributed by atoms with Gasteiger partial charge in [0, 0.05) is 11.1 Å². The Labute approximate surface area is 119 Å². The van der Waals surface area contributed by atoms with Crippen LogP contribution in [0.15, 0.2) is 36.4 Å². The number of hydrogen-bond acceptors (Lipinski definition) is 5. The molecular formula is C14H12N4O3. The fourth-order valence-electron chi connectivity index (χ4n) is 2.04. The molecule has 0 aliphatic rings. The highest BCUT2D eigenvalue weighted by Crippen LogP contribution is 2.30. The number of carbonyl (C=O) groups excluding carboxylic acids is 1. The Kier molecular flexibility index (Phi) is 2.96. The fourth-order valence-corrected chi connectivity index (χ4v) is 2.04. The number of carbonyl (C=O) groups is 1. The smallest absolute Gasteiger partial charge is 0.265 e. The summed E-state index contributed by atoms with van der Waals surface area (Å²) in [4.78, 5) is 18.9. The lowest BCUT2D eigenvalue weighted by Crippen LogP contribution is -2.29. The van der Waals surface area contributed by atoms with Crippen molar-refractivity contribution in [2.24, 2.45) is 5.84 Å². The van der Waals surface area contributed by atoms with Crippen LogP contribution in [-0.4, -0.2) is 26.1 Å². The minimum atomic E-state index is -0.393. The van der Waals surface area contributed by atoms with Crippen molar-refractivity contribution in [2.75, 3.05) is 0 Å². The van der Waals surface area contributed by atoms with Crippen LogP contribution in [0.1, 0.15) is 10.4 Å². The highest BCUT2D eigenvalue weighted by atomic mass is 16.3. The van der Waals surface area contributed by atoms with Gasteiger partial charge in [0.05, 0.1) is 11.0 Å². The Morgan fingerprint density at radius 1 is 1.14 bits per heavy atom. The molecule has 0 spiro atoms. The van der Waals surface area contributed by atoms with Gasteiger partial charge in [-0.2, -0.15) is 0 Å². The molecule has 0 aliphatic carbocycles. The molecule has 0 radical (unpaired) electrons. The molecule has 7 heteroatoms. The average molecular weight is 284 g/mol. The predicted molar refractivity (Wildman–Crippen MR) is 76.5 cm³/mol. The minimum Gasteiger partial charge on any atom is -0.504 e. The monoisotopic (exact) mass is 284 g/mol. The maximum atomic E-state index is 11.5. The van der Waals surface area contributed by atoms with Crippen LogP contribution >= 0.6 is 0 Å². The third kappa shape index (κ3) is 2.26. The van der Waals surface area contributed by atoms with Crippen molar-refractivity contribution in [2.45, 2.75) is 0 Å². The first kappa shape index (κ1) is 12.9. The molecule has 7 nitrogen and oxygen atoms in total. The van der Waals surface area contributed by atoms with Crippen LogP contribution in [-0.2, 0) is 0 Å². The highest BCUT2D eigenvalue weighted by molar-refractivity contribution is 5.97. The number of amides is 1. The molecule has 1 heterocycles. The number of imidazole rings is 1. The van der Waals surface area contributed by atoms with Crippen molar-refractivity contribution in [1.29, 1.82) is 0 Å². The van der Waals surface area contributed by atoms with Gasteiger partial charge in [0.1, 0.15) is 5.82 Å². The van der Waals surface area contributed by atoms with Crippen LogP contribution in [0.25, 0.3) is 22.4 Å². The second kappa shape index (κ2) is 4.80. The number of phenolic OH excluding ortho intramolecular Hbond substituents is 2. The molecule has 0 unspecified atom stereocenters. The number of hydrazine groups is 1. The van der Waals surface area contributed by atoms with Gasteiger partial charge in [0.15, 0.2) is 11.5 Å². The Hall–Kier alpha value is -3.06. The number of aromatic nitrogens is 2. The summed E-state index contributed by atoms with van der Waals surface area (Å²) < 4.78 is 0. The number of aromatic hydroxyl groups is 2. The van der Waals surface area contributed by atoms with E-state index in [1.54, 1.807) is 24.3 Å². The number of aromatic amines is 1. The van der Waals surface area contributed by atoms with E-state index in [9.17, 15) is 15.0 Å². The van der Waals surface area contributed by atoms with E-state index in [4.69, 9.17) is 5.84 Å². The van der Waals surface area contributed by atoms with Gasteiger partial charge in [0.2, 0.25) is 0 Å². The lowest BCUT2D eigenvalue weighted by molar-refractivity contribution is 0.0954. The zero-order valence-corrected chi connectivity index (χ0v) is 10.8. The molecule has 1 amide bonds. The third-order valence-corrected chi connectivity index (χ3v) is 3.12. The van der Waals surface area contributed by atoms with Gasteiger partial charge < -0.3 is 15.2 Å². The molecule has 3 aromatic rings. The lowest BCUT2D eigenvalue weighted by Gasteiger charge is -2.00. The molecule has 0 saturated carbocycles. The van der Waals surface area contributed by atoms with Crippen LogP contribution in [0, 0.1) is 0 Å². The summed E-state index contributed by atoms with van der Waals surface area (Å²) in [5.74, 6) is 4.80. The maximum absolute atomic E-state index is 11.5. The fraction of sp³-hybridized carbons (Fsp3) is 0. The number of nitrogens with two attached hydrogens (primary N) is 1. The first-order valence-electron chi connectivity index (χ1n) is 6.11. The van der Waals surface area contributed by atoms with Gasteiger partial charge in [-0.25, -0.2) is 10.8 Å². The van der Waals surface area contributed by atoms with Crippen LogP contribution in [0.2, 0.25) is 0 Å². The van der Waals surface area contributed by atoms with Crippen molar-refractivity contribution in [3.8, 4) is 22.9 Å². The summed E-state index contributed by atoms with van der Waals surface area (Å²) in [5, 5.41) is 18.8. The second-order valence-corrected chi connectivity index (χ2v) is 4.49. The molecule has 0 bridgehead atoms. The van der Waals surface area contributed by atoms with Gasteiger partial charge >= 0.3 is 0 Å². The summed E-state index contributed by atoms with van der Waals surface area (Å²) in [6.07, 6.45) is 0. The number of hydrogen-bond donors (Lipinski definition) is 5. The Morgan fingerprint density at radius 3 is 2.67 bits per heavy atom. The minimum absolute atomic E-state index is 0.197. The van der Waals surface area contributed by atoms with Crippen LogP contribution < -0.4 is 11.3 Å². The average Bonchev–Trinajstić information content (AvgIpc) is 2.92. The number of nitrogen functional groups attached to an aromatic ring is 1. The molecular weight excluding hydrogens is 272 g/mol. The molecule has 0 atom stereocenters. The number of phenols is 2. The van der Waals surface area contributed by atoms with E-state index < -0.39 is 5.91 Å². The van der Waals surface area contributed by atoms with E-state index in [1.165, 1.54) is 12.1 Å². The highest BCUT2D eigenvalue weighted by Gasteiger charge is 2.10. The van der Waals surface area contributed by atoms with Gasteiger partial charge in [-0.1, -0.05) is 0 Å². The molecule has 2 aromatic carbocycles. The zero-order chi connectivity index (χ0) is 15.0. The number of rotatable bonds is 2. The normalized spacial score (nSPS) is 10.7. The predicted octanol–water partition coefficient (Wildman–Crippen LogP) is 1.24. The first-order chi connectivity index (χ1) is 10.1. The number of nitrogens with one attached hydrogen (secondary N) is 2. The first-order valence-corrected chi connectivity index (χ1v) is 6.11. The molecule has 3 rings (SSSR count). The number of benzene rings is 2. The Balaban J connectivity index is 2.08. The molecule has 6 N–H and O–H groups in total. The number of fused-ring (bicyclic) bond motifs is 1. The summed E-state index contributed by atoms with van der Waals surface area (Å²) in [7, 11) is 0. The van der Waals surface area contributed by atoms with E-state index >= 15 is 0 Å². The maximum Gasteiger partial charge on any atom is 0.265 e. The van der Waals surface area contributed by atoms with E-state index in [0.717, 1.165) is 0 Å². The molecule has 106 valence electrons. The van der Waals surface area contributed by atoms with Crippen LogP contribution in [0.3, 0.4) is 0 Å². The van der Waals surface area contributed by atoms with Crippen LogP contribution in [0.4, 0.5) is 0 Å². The molecule has 1 aromatic heterocycles. The van der Waals surface area contributed by atoms with E-state index in [-0.39, 0.29) is 11.5 Å². The Morgan fingerprint density at radius 2 is 1.95 bits per heavy atom. The second-order valence-electron chi connectivity index (χ2n) is 4.49. The SMILES string of the molecule is NNC(=O)c1ccc2nc(-c3ccc(O)c(O)c3)[nH]c2c1. The summed E-state index contributed by atoms with van der Waals surface area (Å²) in [5.41, 5.74) is 4.43. The topological polar surface area (TPSA) is 124 Å². The van der Waals surface area contributed by atoms with E-state index in [2.05, 4.69) is 15.4 Å². The van der Waals surface area contributed by atoms with Gasteiger partial charge in [-0.3, -0.25) is 10.2 Å². The van der Waals surface area contributed by atoms with Crippen molar-refractivity contribution >= 4 is 16.9 Å². The summed E-state index contributed by atoms with van der Waals surface area (Å²) >= 11 is 0. The summed E-state index contributed by atoms with van der Waals surface area (Å²) in [6.45, 7) is 0. The number of H-pyrrole nitrogens is 1. The molecule has 0 fully saturated rings. The van der Waals surface area contributed by atoms with E-state index in [1.807, 2.05) is 0 Å². The standard InChI is InChI=1S/C14H12N4O3/c15-18-14(21)8-1-3-9-10(5-8)17-13(16-9)7-2-4-11(19)12(20)6-7/h1-6,19-20H,15H2,(H,16,17)(H,18,21). The third-order valence-electron chi connectivity index (χ3n) is 3.12. The van der Waals surface area contributed by atoms with Crippen molar-refractivity contribution in [3.05, 3.63) is 42.0 Å². The van der Waals surface area contributed by atoms with Gasteiger partial charge in [-0.15, -0.1) is 0 Å². The summed E-state index contributed by atoms with van der Waals surface area (Å²) in [6, 6.07) is 9.35. The zero-order valence-electron chi connectivity index (χ0n) is 10.8.